The van der Waals surface area contributed by atoms with Gasteiger partial charge in [0.25, 0.3) is 5.69 Å². The zero-order valence-corrected chi connectivity index (χ0v) is 21.6. The molecule has 2 aliphatic rings. The highest BCUT2D eigenvalue weighted by Crippen LogP contribution is 2.25. The van der Waals surface area contributed by atoms with Crippen LogP contribution in [0.5, 0.6) is 0 Å². The van der Waals surface area contributed by atoms with Gasteiger partial charge in [0.05, 0.1) is 4.92 Å². The van der Waals surface area contributed by atoms with Crippen molar-refractivity contribution in [2.75, 3.05) is 79.8 Å². The van der Waals surface area contributed by atoms with Gasteiger partial charge in [-0.05, 0) is 51.0 Å². The number of thiocarbonyl (C=S) groups is 1. The molecule has 12 heteroatoms. The van der Waals surface area contributed by atoms with Gasteiger partial charge in [-0.2, -0.15) is 9.97 Å². The third kappa shape index (κ3) is 7.37. The Bertz CT molecular complexity index is 1010. The van der Waals surface area contributed by atoms with Crippen molar-refractivity contribution in [1.82, 2.24) is 20.2 Å². The minimum Gasteiger partial charge on any atom is -0.369 e. The number of nitrogens with one attached hydrogen (secondary N) is 3. The third-order valence-electron chi connectivity index (χ3n) is 6.41. The van der Waals surface area contributed by atoms with E-state index in [0.717, 1.165) is 63.4 Å². The standard InChI is InChI=1S/C24H35N9O2S/c1-30(16-10-26-24(36)27-19-7-6-8-20(17-19)33(34)35)15-9-25-21-18-22(31-11-2-3-12-31)29-23(28-21)32-13-4-5-14-32/h6-8,17-18H,2-5,9-16H2,1H3,(H,25,28,29)(H2,26,27,36). The normalized spacial score (nSPS) is 15.4. The van der Waals surface area contributed by atoms with E-state index >= 15 is 0 Å². The summed E-state index contributed by atoms with van der Waals surface area (Å²) >= 11 is 5.32. The molecule has 194 valence electrons. The van der Waals surface area contributed by atoms with Crippen LogP contribution in [0.3, 0.4) is 0 Å². The minimum atomic E-state index is -0.424. The molecule has 2 aromatic rings. The van der Waals surface area contributed by atoms with Crippen LogP contribution in [0.2, 0.25) is 0 Å². The van der Waals surface area contributed by atoms with E-state index in [0.29, 0.717) is 17.3 Å². The highest BCUT2D eigenvalue weighted by molar-refractivity contribution is 7.80. The molecule has 2 aliphatic heterocycles. The molecule has 0 unspecified atom stereocenters. The van der Waals surface area contributed by atoms with Gasteiger partial charge in [-0.3, -0.25) is 10.1 Å². The van der Waals surface area contributed by atoms with E-state index in [1.54, 1.807) is 12.1 Å². The molecule has 0 bridgehead atoms. The second-order valence-electron chi connectivity index (χ2n) is 9.22. The summed E-state index contributed by atoms with van der Waals surface area (Å²) in [6, 6.07) is 8.36. The lowest BCUT2D eigenvalue weighted by molar-refractivity contribution is -0.384. The monoisotopic (exact) mass is 513 g/mol. The van der Waals surface area contributed by atoms with Crippen molar-refractivity contribution in [1.29, 1.82) is 0 Å². The zero-order chi connectivity index (χ0) is 25.3. The summed E-state index contributed by atoms with van der Waals surface area (Å²) < 4.78 is 0. The number of likely N-dealkylation sites (N-methyl/N-ethyl adjacent to an activating group) is 1. The molecule has 0 aliphatic carbocycles. The Morgan fingerprint density at radius 2 is 1.75 bits per heavy atom. The lowest BCUT2D eigenvalue weighted by atomic mass is 10.3. The number of nitrogens with zero attached hydrogens (tertiary/aromatic N) is 6. The van der Waals surface area contributed by atoms with Crippen molar-refractivity contribution in [3.63, 3.8) is 0 Å². The van der Waals surface area contributed by atoms with Crippen LogP contribution in [0.25, 0.3) is 0 Å². The Kier molecular flexibility index (Phi) is 9.06. The van der Waals surface area contributed by atoms with Crippen molar-refractivity contribution in [2.45, 2.75) is 25.7 Å². The SMILES string of the molecule is CN(CCNC(=S)Nc1cccc([N+](=O)[O-])c1)CCNc1cc(N2CCCC2)nc(N2CCCC2)n1. The van der Waals surface area contributed by atoms with Gasteiger partial charge < -0.3 is 30.7 Å². The fourth-order valence-corrected chi connectivity index (χ4v) is 4.62. The Balaban J connectivity index is 1.21. The van der Waals surface area contributed by atoms with Gasteiger partial charge in [0.1, 0.15) is 11.6 Å². The summed E-state index contributed by atoms with van der Waals surface area (Å²) in [5, 5.41) is 21.0. The van der Waals surface area contributed by atoms with Crippen LogP contribution in [-0.2, 0) is 0 Å². The fraction of sp³-hybridized carbons (Fsp3) is 0.542. The van der Waals surface area contributed by atoms with Gasteiger partial charge in [-0.25, -0.2) is 0 Å². The third-order valence-corrected chi connectivity index (χ3v) is 6.66. The number of nitro benzene ring substituents is 1. The van der Waals surface area contributed by atoms with E-state index in [9.17, 15) is 10.1 Å². The number of nitro groups is 1. The molecule has 1 aromatic carbocycles. The van der Waals surface area contributed by atoms with Gasteiger partial charge in [0, 0.05) is 76.2 Å². The smallest absolute Gasteiger partial charge is 0.271 e. The Morgan fingerprint density at radius 1 is 1.06 bits per heavy atom. The Labute approximate surface area is 217 Å². The average molecular weight is 514 g/mol. The van der Waals surface area contributed by atoms with Crippen LogP contribution < -0.4 is 25.8 Å². The van der Waals surface area contributed by atoms with E-state index in [2.05, 4.69) is 43.8 Å². The second kappa shape index (κ2) is 12.6. The van der Waals surface area contributed by atoms with Crippen LogP contribution in [0.1, 0.15) is 25.7 Å². The number of hydrogen-bond acceptors (Lipinski definition) is 9. The van der Waals surface area contributed by atoms with E-state index < -0.39 is 4.92 Å². The molecule has 0 radical (unpaired) electrons. The quantitative estimate of drug-likeness (QED) is 0.234. The molecule has 2 saturated heterocycles. The first-order chi connectivity index (χ1) is 17.5. The van der Waals surface area contributed by atoms with Crippen LogP contribution in [0, 0.1) is 10.1 Å². The lowest BCUT2D eigenvalue weighted by Gasteiger charge is -2.22. The first kappa shape index (κ1) is 25.8. The number of aromatic nitrogens is 2. The highest BCUT2D eigenvalue weighted by Gasteiger charge is 2.20. The maximum atomic E-state index is 10.9. The summed E-state index contributed by atoms with van der Waals surface area (Å²) in [7, 11) is 2.06. The largest absolute Gasteiger partial charge is 0.369 e. The number of hydrogen-bond donors (Lipinski definition) is 3. The van der Waals surface area contributed by atoms with Crippen LogP contribution in [-0.4, -0.2) is 84.3 Å². The van der Waals surface area contributed by atoms with E-state index in [1.165, 1.54) is 37.8 Å². The zero-order valence-electron chi connectivity index (χ0n) is 20.8. The van der Waals surface area contributed by atoms with Gasteiger partial charge in [0.2, 0.25) is 5.95 Å². The van der Waals surface area contributed by atoms with Crippen molar-refractivity contribution in [3.05, 3.63) is 40.4 Å². The molecular formula is C24H35N9O2S. The molecule has 36 heavy (non-hydrogen) atoms. The molecule has 0 spiro atoms. The van der Waals surface area contributed by atoms with Crippen molar-refractivity contribution in [3.8, 4) is 0 Å². The van der Waals surface area contributed by atoms with Crippen LogP contribution in [0.15, 0.2) is 30.3 Å². The number of benzene rings is 1. The number of non-ortho nitro benzene ring substituents is 1. The van der Waals surface area contributed by atoms with Crippen molar-refractivity contribution < 1.29 is 4.92 Å². The highest BCUT2D eigenvalue weighted by atomic mass is 32.1. The predicted molar refractivity (Wildman–Crippen MR) is 148 cm³/mol. The molecule has 3 heterocycles. The molecule has 0 atom stereocenters. The fourth-order valence-electron chi connectivity index (χ4n) is 4.40. The number of rotatable bonds is 11. The predicted octanol–water partition coefficient (Wildman–Crippen LogP) is 2.92. The topological polar surface area (TPSA) is 115 Å². The molecule has 0 amide bonds. The minimum absolute atomic E-state index is 0.0267. The molecular weight excluding hydrogens is 478 g/mol. The van der Waals surface area contributed by atoms with Gasteiger partial charge in [-0.15, -0.1) is 0 Å². The van der Waals surface area contributed by atoms with Crippen molar-refractivity contribution in [2.24, 2.45) is 0 Å². The lowest BCUT2D eigenvalue weighted by Crippen LogP contribution is -2.36. The molecule has 0 saturated carbocycles. The van der Waals surface area contributed by atoms with E-state index in [-0.39, 0.29) is 5.69 Å². The average Bonchev–Trinajstić information content (AvgIpc) is 3.59. The van der Waals surface area contributed by atoms with Crippen molar-refractivity contribution >= 4 is 46.3 Å². The van der Waals surface area contributed by atoms with Crippen LogP contribution >= 0.6 is 12.2 Å². The second-order valence-corrected chi connectivity index (χ2v) is 9.63. The molecule has 4 rings (SSSR count). The summed E-state index contributed by atoms with van der Waals surface area (Å²) in [5.74, 6) is 2.73. The summed E-state index contributed by atoms with van der Waals surface area (Å²) in [6.45, 7) is 7.22. The number of anilines is 4. The Hall–Kier alpha value is -3.25. The van der Waals surface area contributed by atoms with Gasteiger partial charge >= 0.3 is 0 Å². The molecule has 2 fully saturated rings. The first-order valence-electron chi connectivity index (χ1n) is 12.6. The van der Waals surface area contributed by atoms with E-state index in [4.69, 9.17) is 22.2 Å². The Morgan fingerprint density at radius 3 is 2.47 bits per heavy atom. The van der Waals surface area contributed by atoms with Crippen LogP contribution in [0.4, 0.5) is 29.0 Å². The molecule has 3 N–H and O–H groups in total. The van der Waals surface area contributed by atoms with E-state index in [1.807, 2.05) is 0 Å². The first-order valence-corrected chi connectivity index (χ1v) is 13.0. The molecule has 11 nitrogen and oxygen atoms in total. The molecule has 1 aromatic heterocycles. The maximum Gasteiger partial charge on any atom is 0.271 e. The van der Waals surface area contributed by atoms with Gasteiger partial charge in [-0.1, -0.05) is 6.07 Å². The van der Waals surface area contributed by atoms with Gasteiger partial charge in [0.15, 0.2) is 5.11 Å². The summed E-state index contributed by atoms with van der Waals surface area (Å²) in [4.78, 5) is 27.0. The maximum absolute atomic E-state index is 10.9. The summed E-state index contributed by atoms with van der Waals surface area (Å²) in [5.41, 5.74) is 0.615. The summed E-state index contributed by atoms with van der Waals surface area (Å²) in [6.07, 6.45) is 4.83.